The predicted octanol–water partition coefficient (Wildman–Crippen LogP) is 2.75. The summed E-state index contributed by atoms with van der Waals surface area (Å²) in [6.07, 6.45) is 4.06. The smallest absolute Gasteiger partial charge is 0.137 e. The van der Waals surface area contributed by atoms with E-state index in [2.05, 4.69) is 41.6 Å². The molecule has 2 heterocycles. The molecule has 2 nitrogen and oxygen atoms in total. The third kappa shape index (κ3) is 1.56. The number of pyridine rings is 1. The second kappa shape index (κ2) is 3.42. The maximum Gasteiger partial charge on any atom is 0.137 e. The lowest BCUT2D eigenvalue weighted by Crippen LogP contribution is -1.87. The van der Waals surface area contributed by atoms with Crippen molar-refractivity contribution >= 4 is 17.4 Å². The molecule has 13 heavy (non-hydrogen) atoms. The summed E-state index contributed by atoms with van der Waals surface area (Å²) in [7, 11) is 0. The molecule has 0 spiro atoms. The Morgan fingerprint density at radius 1 is 1.46 bits per heavy atom. The minimum atomic E-state index is 1.03. The summed E-state index contributed by atoms with van der Waals surface area (Å²) in [5.41, 5.74) is 2.30. The number of hydrogen-bond acceptors (Lipinski definition) is 2. The average molecular weight is 192 g/mol. The number of rotatable bonds is 2. The maximum absolute atomic E-state index is 4.32. The van der Waals surface area contributed by atoms with Crippen LogP contribution in [0.3, 0.4) is 0 Å². The summed E-state index contributed by atoms with van der Waals surface area (Å²) in [6.45, 7) is 4.25. The van der Waals surface area contributed by atoms with E-state index in [1.807, 2.05) is 18.0 Å². The second-order valence-electron chi connectivity index (χ2n) is 2.96. The quantitative estimate of drug-likeness (QED) is 0.681. The molecule has 2 aromatic rings. The minimum absolute atomic E-state index is 1.03. The van der Waals surface area contributed by atoms with Gasteiger partial charge in [0.2, 0.25) is 0 Å². The van der Waals surface area contributed by atoms with Gasteiger partial charge in [-0.15, -0.1) is 11.8 Å². The van der Waals surface area contributed by atoms with Crippen LogP contribution in [0.5, 0.6) is 0 Å². The normalized spacial score (nSPS) is 10.9. The lowest BCUT2D eigenvalue weighted by atomic mass is 10.3. The van der Waals surface area contributed by atoms with E-state index in [1.165, 1.54) is 10.6 Å². The number of nitrogens with zero attached hydrogens (tertiary/aromatic N) is 2. The molecule has 0 aliphatic heterocycles. The molecule has 0 unspecified atom stereocenters. The van der Waals surface area contributed by atoms with Gasteiger partial charge < -0.3 is 0 Å². The SMILES string of the molecule is CCSc1cnc2ccc(C)cn12. The molecule has 3 heteroatoms. The third-order valence-corrected chi connectivity index (χ3v) is 2.80. The van der Waals surface area contributed by atoms with Crippen LogP contribution in [0.1, 0.15) is 12.5 Å². The molecule has 2 rings (SSSR count). The topological polar surface area (TPSA) is 17.3 Å². The number of aryl methyl sites for hydroxylation is 1. The molecular weight excluding hydrogens is 180 g/mol. The monoisotopic (exact) mass is 192 g/mol. The van der Waals surface area contributed by atoms with E-state index in [1.54, 1.807) is 0 Å². The van der Waals surface area contributed by atoms with Crippen LogP contribution < -0.4 is 0 Å². The van der Waals surface area contributed by atoms with Crippen molar-refractivity contribution in [1.29, 1.82) is 0 Å². The van der Waals surface area contributed by atoms with Gasteiger partial charge >= 0.3 is 0 Å². The first kappa shape index (κ1) is 8.63. The first-order valence-corrected chi connectivity index (χ1v) is 5.36. The van der Waals surface area contributed by atoms with Crippen molar-refractivity contribution in [3.63, 3.8) is 0 Å². The predicted molar refractivity (Wildman–Crippen MR) is 56.3 cm³/mol. The Balaban J connectivity index is 2.58. The van der Waals surface area contributed by atoms with E-state index in [0.29, 0.717) is 0 Å². The summed E-state index contributed by atoms with van der Waals surface area (Å²) < 4.78 is 2.14. The highest BCUT2D eigenvalue weighted by Gasteiger charge is 2.01. The summed E-state index contributed by atoms with van der Waals surface area (Å²) in [4.78, 5) is 4.32. The molecule has 2 aromatic heterocycles. The molecule has 0 N–H and O–H groups in total. The zero-order valence-electron chi connectivity index (χ0n) is 7.82. The number of hydrogen-bond donors (Lipinski definition) is 0. The lowest BCUT2D eigenvalue weighted by molar-refractivity contribution is 1.03. The fourth-order valence-electron chi connectivity index (χ4n) is 1.32. The zero-order chi connectivity index (χ0) is 9.26. The van der Waals surface area contributed by atoms with Gasteiger partial charge in [0, 0.05) is 6.20 Å². The maximum atomic E-state index is 4.32. The third-order valence-electron chi connectivity index (χ3n) is 1.91. The Morgan fingerprint density at radius 3 is 3.08 bits per heavy atom. The van der Waals surface area contributed by atoms with Crippen molar-refractivity contribution in [3.8, 4) is 0 Å². The van der Waals surface area contributed by atoms with Gasteiger partial charge in [-0.05, 0) is 24.3 Å². The highest BCUT2D eigenvalue weighted by atomic mass is 32.2. The van der Waals surface area contributed by atoms with Gasteiger partial charge in [0.25, 0.3) is 0 Å². The fraction of sp³-hybridized carbons (Fsp3) is 0.300. The van der Waals surface area contributed by atoms with Crippen LogP contribution >= 0.6 is 11.8 Å². The number of fused-ring (bicyclic) bond motifs is 1. The summed E-state index contributed by atoms with van der Waals surface area (Å²) in [6, 6.07) is 4.14. The van der Waals surface area contributed by atoms with Crippen LogP contribution in [0.2, 0.25) is 0 Å². The zero-order valence-corrected chi connectivity index (χ0v) is 8.64. The number of thioether (sulfide) groups is 1. The van der Waals surface area contributed by atoms with E-state index in [4.69, 9.17) is 0 Å². The van der Waals surface area contributed by atoms with Crippen molar-refractivity contribution in [3.05, 3.63) is 30.1 Å². The Bertz CT molecular complexity index is 420. The Morgan fingerprint density at radius 2 is 2.31 bits per heavy atom. The van der Waals surface area contributed by atoms with Gasteiger partial charge in [-0.3, -0.25) is 4.40 Å². The number of aromatic nitrogens is 2. The molecular formula is C10H12N2S. The van der Waals surface area contributed by atoms with E-state index < -0.39 is 0 Å². The Hall–Kier alpha value is -0.960. The van der Waals surface area contributed by atoms with Crippen LogP contribution in [0.15, 0.2) is 29.6 Å². The molecule has 0 aromatic carbocycles. The molecule has 0 saturated heterocycles. The van der Waals surface area contributed by atoms with Crippen LogP contribution in [0, 0.1) is 6.92 Å². The average Bonchev–Trinajstić information content (AvgIpc) is 2.49. The van der Waals surface area contributed by atoms with Gasteiger partial charge in [0.15, 0.2) is 0 Å². The van der Waals surface area contributed by atoms with Crippen molar-refractivity contribution in [2.75, 3.05) is 5.75 Å². The summed E-state index contributed by atoms with van der Waals surface area (Å²) in [5, 5.41) is 1.22. The van der Waals surface area contributed by atoms with Gasteiger partial charge in [0.05, 0.1) is 11.2 Å². The molecule has 0 fully saturated rings. The van der Waals surface area contributed by atoms with E-state index >= 15 is 0 Å². The fourth-order valence-corrected chi connectivity index (χ4v) is 2.03. The van der Waals surface area contributed by atoms with Gasteiger partial charge in [-0.25, -0.2) is 4.98 Å². The van der Waals surface area contributed by atoms with Crippen molar-refractivity contribution in [2.24, 2.45) is 0 Å². The molecule has 0 saturated carbocycles. The van der Waals surface area contributed by atoms with E-state index in [0.717, 1.165) is 11.4 Å². The van der Waals surface area contributed by atoms with Gasteiger partial charge in [-0.2, -0.15) is 0 Å². The minimum Gasteiger partial charge on any atom is -0.294 e. The van der Waals surface area contributed by atoms with Crippen LogP contribution in [-0.4, -0.2) is 15.1 Å². The number of imidazole rings is 1. The first-order valence-electron chi connectivity index (χ1n) is 4.38. The van der Waals surface area contributed by atoms with Crippen LogP contribution in [-0.2, 0) is 0 Å². The molecule has 0 aliphatic rings. The molecule has 68 valence electrons. The summed E-state index contributed by atoms with van der Waals surface area (Å²) >= 11 is 1.82. The molecule has 0 aliphatic carbocycles. The van der Waals surface area contributed by atoms with Crippen molar-refractivity contribution in [2.45, 2.75) is 18.9 Å². The summed E-state index contributed by atoms with van der Waals surface area (Å²) in [5.74, 6) is 1.09. The van der Waals surface area contributed by atoms with E-state index in [9.17, 15) is 0 Å². The highest BCUT2D eigenvalue weighted by molar-refractivity contribution is 7.99. The largest absolute Gasteiger partial charge is 0.294 e. The molecule has 0 radical (unpaired) electrons. The van der Waals surface area contributed by atoms with E-state index in [-0.39, 0.29) is 0 Å². The standard InChI is InChI=1S/C10H12N2S/c1-3-13-10-6-11-9-5-4-8(2)7-12(9)10/h4-7H,3H2,1-2H3. The van der Waals surface area contributed by atoms with Crippen molar-refractivity contribution in [1.82, 2.24) is 9.38 Å². The Labute approximate surface area is 82.0 Å². The molecule has 0 amide bonds. The Kier molecular flexibility index (Phi) is 2.27. The molecule has 0 atom stereocenters. The lowest BCUT2D eigenvalue weighted by Gasteiger charge is -1.99. The van der Waals surface area contributed by atoms with Crippen molar-refractivity contribution < 1.29 is 0 Å². The first-order chi connectivity index (χ1) is 6.31. The van der Waals surface area contributed by atoms with Gasteiger partial charge in [0.1, 0.15) is 5.65 Å². The second-order valence-corrected chi connectivity index (χ2v) is 4.25. The highest BCUT2D eigenvalue weighted by Crippen LogP contribution is 2.19. The molecule has 0 bridgehead atoms. The van der Waals surface area contributed by atoms with Gasteiger partial charge in [-0.1, -0.05) is 13.0 Å². The van der Waals surface area contributed by atoms with Crippen LogP contribution in [0.25, 0.3) is 5.65 Å². The van der Waals surface area contributed by atoms with Crippen LogP contribution in [0.4, 0.5) is 0 Å².